The third-order valence-electron chi connectivity index (χ3n) is 5.00. The Bertz CT molecular complexity index is 902. The molecule has 0 bridgehead atoms. The Labute approximate surface area is 169 Å². The average molecular weight is 424 g/mol. The van der Waals surface area contributed by atoms with Crippen molar-refractivity contribution >= 4 is 32.4 Å². The highest BCUT2D eigenvalue weighted by Gasteiger charge is 2.27. The molecule has 152 valence electrons. The normalized spacial score (nSPS) is 19.9. The summed E-state index contributed by atoms with van der Waals surface area (Å²) in [7, 11) is -2.01. The number of thiazole rings is 1. The highest BCUT2D eigenvalue weighted by molar-refractivity contribution is 7.89. The summed E-state index contributed by atoms with van der Waals surface area (Å²) >= 11 is 1.46. The molecule has 1 aromatic heterocycles. The van der Waals surface area contributed by atoms with Crippen LogP contribution in [0.1, 0.15) is 30.6 Å². The number of hydrogen-bond acceptors (Lipinski definition) is 6. The zero-order valence-electron chi connectivity index (χ0n) is 16.0. The number of methoxy groups -OCH3 is 1. The number of ether oxygens (including phenoxy) is 1. The van der Waals surface area contributed by atoms with Gasteiger partial charge in [0.2, 0.25) is 15.9 Å². The molecule has 1 saturated carbocycles. The third kappa shape index (κ3) is 5.30. The fraction of sp³-hybridized carbons (Fsp3) is 0.474. The van der Waals surface area contributed by atoms with E-state index < -0.39 is 10.0 Å². The van der Waals surface area contributed by atoms with Gasteiger partial charge in [-0.05, 0) is 62.8 Å². The Morgan fingerprint density at radius 3 is 2.46 bits per heavy atom. The van der Waals surface area contributed by atoms with Gasteiger partial charge >= 0.3 is 0 Å². The average Bonchev–Trinajstić information content (AvgIpc) is 3.11. The van der Waals surface area contributed by atoms with Crippen LogP contribution in [0.3, 0.4) is 0 Å². The van der Waals surface area contributed by atoms with Crippen LogP contribution < -0.4 is 14.8 Å². The number of nitrogens with one attached hydrogen (secondary N) is 2. The largest absolute Gasteiger partial charge is 0.497 e. The van der Waals surface area contributed by atoms with Crippen molar-refractivity contribution in [2.45, 2.75) is 37.5 Å². The van der Waals surface area contributed by atoms with E-state index in [1.807, 2.05) is 6.92 Å². The molecular weight excluding hydrogens is 398 g/mol. The number of anilines is 1. The highest BCUT2D eigenvalue weighted by atomic mass is 32.2. The van der Waals surface area contributed by atoms with Crippen LogP contribution in [0.5, 0.6) is 5.75 Å². The molecule has 0 atom stereocenters. The zero-order valence-corrected chi connectivity index (χ0v) is 17.6. The number of sulfonamides is 1. The van der Waals surface area contributed by atoms with Crippen molar-refractivity contribution in [3.05, 3.63) is 35.3 Å². The maximum Gasteiger partial charge on any atom is 0.240 e. The van der Waals surface area contributed by atoms with E-state index in [1.165, 1.54) is 30.6 Å². The van der Waals surface area contributed by atoms with Crippen LogP contribution in [-0.2, 0) is 14.8 Å². The number of nitrogens with zero attached hydrogens (tertiary/aromatic N) is 1. The summed E-state index contributed by atoms with van der Waals surface area (Å²) in [4.78, 5) is 17.8. The first-order valence-electron chi connectivity index (χ1n) is 9.24. The number of benzene rings is 1. The van der Waals surface area contributed by atoms with Gasteiger partial charge in [-0.2, -0.15) is 0 Å². The van der Waals surface area contributed by atoms with E-state index in [1.54, 1.807) is 18.3 Å². The Morgan fingerprint density at radius 2 is 1.89 bits per heavy atom. The summed E-state index contributed by atoms with van der Waals surface area (Å²) in [5, 5.41) is 3.52. The second-order valence-electron chi connectivity index (χ2n) is 7.01. The summed E-state index contributed by atoms with van der Waals surface area (Å²) in [5.74, 6) is 0.813. The van der Waals surface area contributed by atoms with Crippen molar-refractivity contribution in [2.24, 2.45) is 11.8 Å². The number of amides is 1. The Kier molecular flexibility index (Phi) is 6.69. The first kappa shape index (κ1) is 20.8. The fourth-order valence-electron chi connectivity index (χ4n) is 3.31. The smallest absolute Gasteiger partial charge is 0.240 e. The molecule has 1 aliphatic carbocycles. The van der Waals surface area contributed by atoms with Gasteiger partial charge in [-0.25, -0.2) is 18.1 Å². The van der Waals surface area contributed by atoms with E-state index >= 15 is 0 Å². The lowest BCUT2D eigenvalue weighted by Crippen LogP contribution is -2.33. The van der Waals surface area contributed by atoms with Gasteiger partial charge in [0.05, 0.1) is 12.0 Å². The Balaban J connectivity index is 1.46. The molecule has 0 unspecified atom stereocenters. The van der Waals surface area contributed by atoms with E-state index in [2.05, 4.69) is 15.0 Å². The molecule has 3 rings (SSSR count). The molecule has 0 aliphatic heterocycles. The van der Waals surface area contributed by atoms with Crippen LogP contribution in [-0.4, -0.2) is 33.0 Å². The summed E-state index contributed by atoms with van der Waals surface area (Å²) < 4.78 is 32.6. The number of carbonyl (C=O) groups is 1. The molecule has 0 radical (unpaired) electrons. The Morgan fingerprint density at radius 1 is 1.21 bits per heavy atom. The van der Waals surface area contributed by atoms with E-state index in [9.17, 15) is 13.2 Å². The molecule has 0 saturated heterocycles. The van der Waals surface area contributed by atoms with Gasteiger partial charge in [-0.3, -0.25) is 4.79 Å². The first-order chi connectivity index (χ1) is 13.4. The van der Waals surface area contributed by atoms with Crippen LogP contribution in [0.15, 0.2) is 35.4 Å². The molecule has 2 N–H and O–H groups in total. The van der Waals surface area contributed by atoms with Gasteiger partial charge in [0.1, 0.15) is 5.75 Å². The van der Waals surface area contributed by atoms with Crippen molar-refractivity contribution in [3.63, 3.8) is 0 Å². The fourth-order valence-corrected chi connectivity index (χ4v) is 5.10. The summed E-state index contributed by atoms with van der Waals surface area (Å²) in [6.45, 7) is 2.33. The van der Waals surface area contributed by atoms with Crippen LogP contribution in [0, 0.1) is 18.8 Å². The molecule has 0 spiro atoms. The van der Waals surface area contributed by atoms with Gasteiger partial charge in [0.25, 0.3) is 0 Å². The minimum Gasteiger partial charge on any atom is -0.497 e. The third-order valence-corrected chi connectivity index (χ3v) is 7.27. The van der Waals surface area contributed by atoms with E-state index in [0.717, 1.165) is 30.6 Å². The molecule has 1 aliphatic rings. The van der Waals surface area contributed by atoms with Crippen LogP contribution in [0.2, 0.25) is 0 Å². The quantitative estimate of drug-likeness (QED) is 0.713. The number of hydrogen-bond donors (Lipinski definition) is 2. The van der Waals surface area contributed by atoms with Crippen molar-refractivity contribution in [1.82, 2.24) is 9.71 Å². The summed E-state index contributed by atoms with van der Waals surface area (Å²) in [6.07, 6.45) is 4.89. The number of rotatable bonds is 7. The van der Waals surface area contributed by atoms with Crippen molar-refractivity contribution < 1.29 is 17.9 Å². The van der Waals surface area contributed by atoms with Gasteiger partial charge in [-0.15, -0.1) is 11.3 Å². The van der Waals surface area contributed by atoms with Crippen LogP contribution in [0.25, 0.3) is 0 Å². The predicted molar refractivity (Wildman–Crippen MR) is 109 cm³/mol. The summed E-state index contributed by atoms with van der Waals surface area (Å²) in [5.41, 5.74) is 0. The molecule has 1 fully saturated rings. The lowest BCUT2D eigenvalue weighted by atomic mass is 9.81. The van der Waals surface area contributed by atoms with Gasteiger partial charge in [0.15, 0.2) is 5.13 Å². The maximum absolute atomic E-state index is 12.4. The number of carbonyl (C=O) groups excluding carboxylic acids is 1. The van der Waals surface area contributed by atoms with Crippen molar-refractivity contribution in [1.29, 1.82) is 0 Å². The first-order valence-corrected chi connectivity index (χ1v) is 11.5. The monoisotopic (exact) mass is 423 g/mol. The molecule has 1 amide bonds. The Hall–Kier alpha value is -1.97. The lowest BCUT2D eigenvalue weighted by Gasteiger charge is -2.27. The van der Waals surface area contributed by atoms with Crippen LogP contribution >= 0.6 is 11.3 Å². The molecule has 2 aromatic rings. The predicted octanol–water partition coefficient (Wildman–Crippen LogP) is 3.18. The number of aryl methyl sites for hydroxylation is 1. The molecule has 1 heterocycles. The van der Waals surface area contributed by atoms with Gasteiger partial charge in [-0.1, -0.05) is 0 Å². The minimum atomic E-state index is -3.54. The van der Waals surface area contributed by atoms with Gasteiger partial charge < -0.3 is 10.1 Å². The molecule has 28 heavy (non-hydrogen) atoms. The maximum atomic E-state index is 12.4. The minimum absolute atomic E-state index is 0.00612. The van der Waals surface area contributed by atoms with Gasteiger partial charge in [0, 0.05) is 23.5 Å². The van der Waals surface area contributed by atoms with Crippen LogP contribution in [0.4, 0.5) is 5.13 Å². The lowest BCUT2D eigenvalue weighted by molar-refractivity contribution is -0.121. The number of aromatic nitrogens is 1. The summed E-state index contributed by atoms with van der Waals surface area (Å²) in [6, 6.07) is 6.32. The molecular formula is C19H25N3O4S2. The second-order valence-corrected chi connectivity index (χ2v) is 10.0. The topological polar surface area (TPSA) is 97.4 Å². The molecule has 7 nitrogen and oxygen atoms in total. The second kappa shape index (κ2) is 9.02. The van der Waals surface area contributed by atoms with E-state index in [0.29, 0.717) is 17.4 Å². The standard InChI is InChI=1S/C19H25N3O4S2/c1-13-11-20-19(27-13)22-18(23)15-5-3-14(4-6-15)12-21-28(24,25)17-9-7-16(26-2)8-10-17/h7-11,14-15,21H,3-6,12H2,1-2H3,(H,20,22,23). The molecule has 1 aromatic carbocycles. The van der Waals surface area contributed by atoms with E-state index in [-0.39, 0.29) is 22.6 Å². The van der Waals surface area contributed by atoms with Crippen molar-refractivity contribution in [2.75, 3.05) is 19.0 Å². The molecule has 9 heteroatoms. The van der Waals surface area contributed by atoms with E-state index in [4.69, 9.17) is 4.74 Å². The SMILES string of the molecule is COc1ccc(S(=O)(=O)NCC2CCC(C(=O)Nc3ncc(C)s3)CC2)cc1. The zero-order chi connectivity index (χ0) is 20.1. The van der Waals surface area contributed by atoms with Crippen molar-refractivity contribution in [3.8, 4) is 5.75 Å². The highest BCUT2D eigenvalue weighted by Crippen LogP contribution is 2.30.